The number of benzene rings is 1. The van der Waals surface area contributed by atoms with Gasteiger partial charge < -0.3 is 19.7 Å². The van der Waals surface area contributed by atoms with Crippen LogP contribution in [0.5, 0.6) is 11.5 Å². The van der Waals surface area contributed by atoms with Crippen molar-refractivity contribution in [1.29, 1.82) is 5.26 Å². The summed E-state index contributed by atoms with van der Waals surface area (Å²) in [6.45, 7) is 8.12. The third-order valence-electron chi connectivity index (χ3n) is 3.78. The van der Waals surface area contributed by atoms with E-state index in [4.69, 9.17) is 14.7 Å². The van der Waals surface area contributed by atoms with Crippen LogP contribution in [0.4, 0.5) is 0 Å². The van der Waals surface area contributed by atoms with E-state index in [-0.39, 0.29) is 12.3 Å². The molecule has 0 aliphatic carbocycles. The number of para-hydroxylation sites is 1. The van der Waals surface area contributed by atoms with Crippen LogP contribution >= 0.6 is 0 Å². The number of hydrogen-bond acceptors (Lipinski definition) is 5. The number of nitrogens with one attached hydrogen (secondary N) is 1. The molecule has 6 heteroatoms. The summed E-state index contributed by atoms with van der Waals surface area (Å²) in [5.74, 6) is 1.15. The van der Waals surface area contributed by atoms with E-state index in [1.807, 2.05) is 24.3 Å². The lowest BCUT2D eigenvalue weighted by Gasteiger charge is -2.20. The molecule has 6 nitrogen and oxygen atoms in total. The lowest BCUT2D eigenvalue weighted by Crippen LogP contribution is -2.28. The molecule has 0 aliphatic rings. The van der Waals surface area contributed by atoms with Crippen LogP contribution in [0.15, 0.2) is 18.2 Å². The number of methoxy groups -OCH3 is 1. The fraction of sp³-hybridized carbons (Fsp3) is 0.556. The van der Waals surface area contributed by atoms with Gasteiger partial charge in [0.1, 0.15) is 13.0 Å². The number of hydrogen-bond donors (Lipinski definition) is 1. The third kappa shape index (κ3) is 6.47. The van der Waals surface area contributed by atoms with E-state index in [1.165, 1.54) is 0 Å². The van der Waals surface area contributed by atoms with Gasteiger partial charge >= 0.3 is 0 Å². The second kappa shape index (κ2) is 11.3. The lowest BCUT2D eigenvalue weighted by atomic mass is 10.1. The molecular formula is C18H27N3O3. The minimum Gasteiger partial charge on any atom is -0.493 e. The predicted molar refractivity (Wildman–Crippen MR) is 93.2 cm³/mol. The summed E-state index contributed by atoms with van der Waals surface area (Å²) in [5, 5.41) is 11.2. The summed E-state index contributed by atoms with van der Waals surface area (Å²) in [4.78, 5) is 13.6. The van der Waals surface area contributed by atoms with Crippen molar-refractivity contribution in [3.8, 4) is 17.6 Å². The zero-order valence-electron chi connectivity index (χ0n) is 14.8. The molecule has 0 atom stereocenters. The fourth-order valence-corrected chi connectivity index (χ4v) is 2.37. The molecule has 0 saturated heterocycles. The van der Waals surface area contributed by atoms with Crippen LogP contribution in [-0.4, -0.2) is 50.7 Å². The van der Waals surface area contributed by atoms with E-state index in [0.717, 1.165) is 30.9 Å². The topological polar surface area (TPSA) is 74.6 Å². The molecule has 0 aliphatic heterocycles. The van der Waals surface area contributed by atoms with Gasteiger partial charge in [-0.1, -0.05) is 26.0 Å². The van der Waals surface area contributed by atoms with Gasteiger partial charge in [-0.3, -0.25) is 4.79 Å². The number of ether oxygens (including phenoxy) is 2. The largest absolute Gasteiger partial charge is 0.493 e. The first kappa shape index (κ1) is 19.8. The molecule has 1 amide bonds. The SMILES string of the molecule is CCN(CC)CCOc1c(CCNC(=O)CC#N)cccc1OC. The number of rotatable bonds is 11. The maximum absolute atomic E-state index is 11.4. The maximum Gasteiger partial charge on any atom is 0.234 e. The third-order valence-corrected chi connectivity index (χ3v) is 3.78. The molecule has 0 aromatic heterocycles. The Morgan fingerprint density at radius 1 is 1.33 bits per heavy atom. The van der Waals surface area contributed by atoms with Crippen LogP contribution < -0.4 is 14.8 Å². The smallest absolute Gasteiger partial charge is 0.234 e. The van der Waals surface area contributed by atoms with Crippen molar-refractivity contribution >= 4 is 5.91 Å². The summed E-state index contributed by atoms with van der Waals surface area (Å²) in [6, 6.07) is 7.57. The minimum atomic E-state index is -0.260. The zero-order chi connectivity index (χ0) is 17.8. The molecule has 0 spiro atoms. The van der Waals surface area contributed by atoms with Crippen LogP contribution in [0.1, 0.15) is 25.8 Å². The first-order valence-electron chi connectivity index (χ1n) is 8.30. The summed E-state index contributed by atoms with van der Waals surface area (Å²) in [7, 11) is 1.62. The minimum absolute atomic E-state index is 0.120. The van der Waals surface area contributed by atoms with E-state index in [2.05, 4.69) is 24.1 Å². The molecule has 24 heavy (non-hydrogen) atoms. The lowest BCUT2D eigenvalue weighted by molar-refractivity contribution is -0.120. The van der Waals surface area contributed by atoms with Gasteiger partial charge in [0.05, 0.1) is 13.2 Å². The van der Waals surface area contributed by atoms with Gasteiger partial charge in [0.25, 0.3) is 0 Å². The Morgan fingerprint density at radius 2 is 2.08 bits per heavy atom. The van der Waals surface area contributed by atoms with Crippen molar-refractivity contribution in [2.75, 3.05) is 39.9 Å². The molecular weight excluding hydrogens is 306 g/mol. The van der Waals surface area contributed by atoms with E-state index >= 15 is 0 Å². The van der Waals surface area contributed by atoms with Crippen molar-refractivity contribution in [2.45, 2.75) is 26.7 Å². The molecule has 0 bridgehead atoms. The van der Waals surface area contributed by atoms with Crippen LogP contribution in [0, 0.1) is 11.3 Å². The average Bonchev–Trinajstić information content (AvgIpc) is 2.59. The molecule has 0 fully saturated rings. The van der Waals surface area contributed by atoms with Crippen molar-refractivity contribution in [3.05, 3.63) is 23.8 Å². The van der Waals surface area contributed by atoms with E-state index in [9.17, 15) is 4.79 Å². The average molecular weight is 333 g/mol. The van der Waals surface area contributed by atoms with Crippen LogP contribution in [0.3, 0.4) is 0 Å². The molecule has 132 valence electrons. The highest BCUT2D eigenvalue weighted by molar-refractivity contribution is 5.77. The van der Waals surface area contributed by atoms with Gasteiger partial charge in [-0.2, -0.15) is 5.26 Å². The Balaban J connectivity index is 2.67. The van der Waals surface area contributed by atoms with Gasteiger partial charge in [0.15, 0.2) is 11.5 Å². The zero-order valence-corrected chi connectivity index (χ0v) is 14.8. The Morgan fingerprint density at radius 3 is 2.71 bits per heavy atom. The molecule has 1 aromatic carbocycles. The van der Waals surface area contributed by atoms with Crippen molar-refractivity contribution in [3.63, 3.8) is 0 Å². The van der Waals surface area contributed by atoms with Crippen molar-refractivity contribution < 1.29 is 14.3 Å². The first-order valence-corrected chi connectivity index (χ1v) is 8.30. The van der Waals surface area contributed by atoms with Gasteiger partial charge in [0.2, 0.25) is 5.91 Å². The standard InChI is InChI=1S/C18H27N3O3/c1-4-21(5-2)13-14-24-18-15(7-6-8-16(18)23-3)10-12-20-17(22)9-11-19/h6-8H,4-5,9-10,12-14H2,1-3H3,(H,20,22). The van der Waals surface area contributed by atoms with Gasteiger partial charge in [-0.15, -0.1) is 0 Å². The summed E-state index contributed by atoms with van der Waals surface area (Å²) < 4.78 is 11.4. The predicted octanol–water partition coefficient (Wildman–Crippen LogP) is 1.99. The van der Waals surface area contributed by atoms with E-state index < -0.39 is 0 Å². The monoisotopic (exact) mass is 333 g/mol. The Hall–Kier alpha value is -2.26. The Kier molecular flexibility index (Phi) is 9.32. The number of nitrogens with zero attached hydrogens (tertiary/aromatic N) is 2. The Labute approximate surface area is 144 Å². The second-order valence-electron chi connectivity index (χ2n) is 5.26. The summed E-state index contributed by atoms with van der Waals surface area (Å²) in [6.07, 6.45) is 0.500. The molecule has 0 unspecified atom stereocenters. The normalized spacial score (nSPS) is 10.3. The molecule has 1 aromatic rings. The maximum atomic E-state index is 11.4. The summed E-state index contributed by atoms with van der Waals surface area (Å²) in [5.41, 5.74) is 0.978. The van der Waals surface area contributed by atoms with E-state index in [0.29, 0.717) is 25.3 Å². The van der Waals surface area contributed by atoms with Crippen LogP contribution in [-0.2, 0) is 11.2 Å². The van der Waals surface area contributed by atoms with Gasteiger partial charge in [-0.25, -0.2) is 0 Å². The van der Waals surface area contributed by atoms with E-state index in [1.54, 1.807) is 7.11 Å². The van der Waals surface area contributed by atoms with Crippen molar-refractivity contribution in [2.24, 2.45) is 0 Å². The fourth-order valence-electron chi connectivity index (χ4n) is 2.37. The van der Waals surface area contributed by atoms with Crippen molar-refractivity contribution in [1.82, 2.24) is 10.2 Å². The summed E-state index contributed by atoms with van der Waals surface area (Å²) >= 11 is 0. The van der Waals surface area contributed by atoms with Gasteiger partial charge in [0, 0.05) is 13.1 Å². The number of carbonyl (C=O) groups is 1. The number of carbonyl (C=O) groups excluding carboxylic acids is 1. The van der Waals surface area contributed by atoms with Gasteiger partial charge in [-0.05, 0) is 31.1 Å². The highest BCUT2D eigenvalue weighted by Gasteiger charge is 2.11. The molecule has 1 rings (SSSR count). The quantitative estimate of drug-likeness (QED) is 0.670. The highest BCUT2D eigenvalue weighted by atomic mass is 16.5. The molecule has 0 saturated carbocycles. The number of likely N-dealkylation sites (N-methyl/N-ethyl adjacent to an activating group) is 1. The molecule has 0 heterocycles. The first-order chi connectivity index (χ1) is 11.7. The number of nitriles is 1. The van der Waals surface area contributed by atoms with Crippen LogP contribution in [0.2, 0.25) is 0 Å². The highest BCUT2D eigenvalue weighted by Crippen LogP contribution is 2.31. The number of amides is 1. The second-order valence-corrected chi connectivity index (χ2v) is 5.26. The molecule has 0 radical (unpaired) electrons. The van der Waals surface area contributed by atoms with Crippen LogP contribution in [0.25, 0.3) is 0 Å². The molecule has 1 N–H and O–H groups in total. The Bertz CT molecular complexity index is 551.